The van der Waals surface area contributed by atoms with Crippen LogP contribution in [0.5, 0.6) is 0 Å². The molecule has 0 saturated heterocycles. The van der Waals surface area contributed by atoms with Crippen LogP contribution in [0.4, 0.5) is 0 Å². The molecule has 5 heteroatoms. The Bertz CT molecular complexity index is 559. The molecule has 4 nitrogen and oxygen atoms in total. The molecule has 0 aromatic carbocycles. The number of hydrogen-bond donors (Lipinski definition) is 1. The summed E-state index contributed by atoms with van der Waals surface area (Å²) in [7, 11) is 0. The second-order valence-electron chi connectivity index (χ2n) is 3.10. The van der Waals surface area contributed by atoms with Gasteiger partial charge in [-0.05, 0) is 23.8 Å². The minimum absolute atomic E-state index is 0.178. The normalized spacial score (nSPS) is 10.1. The summed E-state index contributed by atoms with van der Waals surface area (Å²) in [5, 5.41) is 0. The molecule has 2 rings (SSSR count). The third-order valence-corrected chi connectivity index (χ3v) is 2.31. The fraction of sp³-hybridized carbons (Fsp3) is 0.100. The van der Waals surface area contributed by atoms with Gasteiger partial charge >= 0.3 is 0 Å². The number of hydrogen-bond acceptors (Lipinski definition) is 3. The van der Waals surface area contributed by atoms with Crippen molar-refractivity contribution in [2.24, 2.45) is 0 Å². The monoisotopic (exact) mass is 219 g/mol. The van der Waals surface area contributed by atoms with E-state index in [-0.39, 0.29) is 5.56 Å². The lowest BCUT2D eigenvalue weighted by Gasteiger charge is -2.04. The van der Waals surface area contributed by atoms with Gasteiger partial charge in [0.05, 0.1) is 6.54 Å². The molecule has 0 radical (unpaired) electrons. The van der Waals surface area contributed by atoms with Crippen molar-refractivity contribution in [2.75, 3.05) is 0 Å². The van der Waals surface area contributed by atoms with Crippen LogP contribution in [-0.4, -0.2) is 14.5 Å². The van der Waals surface area contributed by atoms with E-state index in [9.17, 15) is 4.79 Å². The first kappa shape index (κ1) is 9.79. The predicted molar refractivity (Wildman–Crippen MR) is 59.2 cm³/mol. The van der Waals surface area contributed by atoms with Gasteiger partial charge < -0.3 is 4.57 Å². The topological polar surface area (TPSA) is 50.7 Å². The SMILES string of the molecule is O=c1ccn(Cc2cccnc2)c(=S)[nH]1. The molecule has 0 spiro atoms. The molecule has 1 N–H and O–H groups in total. The Morgan fingerprint density at radius 1 is 1.47 bits per heavy atom. The van der Waals surface area contributed by atoms with Crippen LogP contribution < -0.4 is 5.56 Å². The van der Waals surface area contributed by atoms with Crippen molar-refractivity contribution in [3.63, 3.8) is 0 Å². The zero-order chi connectivity index (χ0) is 10.7. The molecule has 0 bridgehead atoms. The largest absolute Gasteiger partial charge is 0.321 e. The molecule has 0 saturated carbocycles. The van der Waals surface area contributed by atoms with Gasteiger partial charge in [0.1, 0.15) is 0 Å². The van der Waals surface area contributed by atoms with E-state index in [1.54, 1.807) is 23.2 Å². The molecule has 2 aromatic heterocycles. The molecule has 0 fully saturated rings. The summed E-state index contributed by atoms with van der Waals surface area (Å²) in [5.74, 6) is 0. The van der Waals surface area contributed by atoms with Gasteiger partial charge in [0.2, 0.25) is 0 Å². The minimum atomic E-state index is -0.178. The number of H-pyrrole nitrogens is 1. The van der Waals surface area contributed by atoms with E-state index in [4.69, 9.17) is 12.2 Å². The van der Waals surface area contributed by atoms with E-state index in [1.165, 1.54) is 6.07 Å². The standard InChI is InChI=1S/C10H9N3OS/c14-9-3-5-13(10(15)12-9)7-8-2-1-4-11-6-8/h1-6H,7H2,(H,12,14,15). The van der Waals surface area contributed by atoms with Gasteiger partial charge in [-0.2, -0.15) is 0 Å². The van der Waals surface area contributed by atoms with Gasteiger partial charge in [-0.15, -0.1) is 0 Å². The molecule has 0 aliphatic carbocycles. The summed E-state index contributed by atoms with van der Waals surface area (Å²) in [6.45, 7) is 0.615. The average Bonchev–Trinajstić information content (AvgIpc) is 2.24. The van der Waals surface area contributed by atoms with Gasteiger partial charge in [-0.25, -0.2) is 0 Å². The Labute approximate surface area is 91.2 Å². The molecule has 76 valence electrons. The lowest BCUT2D eigenvalue weighted by Crippen LogP contribution is -2.11. The quantitative estimate of drug-likeness (QED) is 0.776. The molecule has 0 amide bonds. The van der Waals surface area contributed by atoms with Crippen LogP contribution in [-0.2, 0) is 6.54 Å². The third-order valence-electron chi connectivity index (χ3n) is 1.97. The number of aromatic amines is 1. The maximum atomic E-state index is 10.9. The first-order chi connectivity index (χ1) is 7.25. The number of rotatable bonds is 2. The Morgan fingerprint density at radius 3 is 3.00 bits per heavy atom. The Kier molecular flexibility index (Phi) is 2.73. The Balaban J connectivity index is 2.33. The lowest BCUT2D eigenvalue weighted by molar-refractivity contribution is 0.742. The van der Waals surface area contributed by atoms with Gasteiger partial charge in [0, 0.05) is 24.7 Å². The van der Waals surface area contributed by atoms with E-state index in [1.807, 2.05) is 12.1 Å². The number of pyridine rings is 1. The third kappa shape index (κ3) is 2.38. The van der Waals surface area contributed by atoms with E-state index in [0.717, 1.165) is 5.56 Å². The second-order valence-corrected chi connectivity index (χ2v) is 3.49. The van der Waals surface area contributed by atoms with E-state index in [2.05, 4.69) is 9.97 Å². The molecule has 0 aliphatic heterocycles. The van der Waals surface area contributed by atoms with Crippen LogP contribution >= 0.6 is 12.2 Å². The van der Waals surface area contributed by atoms with Crippen LogP contribution in [0, 0.1) is 4.77 Å². The highest BCUT2D eigenvalue weighted by Gasteiger charge is 1.95. The second kappa shape index (κ2) is 4.18. The highest BCUT2D eigenvalue weighted by atomic mass is 32.1. The number of aromatic nitrogens is 3. The van der Waals surface area contributed by atoms with Gasteiger partial charge in [-0.3, -0.25) is 14.8 Å². The maximum absolute atomic E-state index is 10.9. The Morgan fingerprint density at radius 2 is 2.33 bits per heavy atom. The summed E-state index contributed by atoms with van der Waals surface area (Å²) in [6, 6.07) is 5.27. The molecule has 2 aromatic rings. The van der Waals surface area contributed by atoms with Crippen molar-refractivity contribution in [3.8, 4) is 0 Å². The Hall–Kier alpha value is -1.75. The van der Waals surface area contributed by atoms with E-state index >= 15 is 0 Å². The van der Waals surface area contributed by atoms with Crippen LogP contribution in [0.1, 0.15) is 5.56 Å². The maximum Gasteiger partial charge on any atom is 0.251 e. The van der Waals surface area contributed by atoms with Crippen LogP contribution in [0.3, 0.4) is 0 Å². The van der Waals surface area contributed by atoms with Gasteiger partial charge in [0.25, 0.3) is 5.56 Å². The molecule has 0 unspecified atom stereocenters. The van der Waals surface area contributed by atoms with Gasteiger partial charge in [-0.1, -0.05) is 6.07 Å². The van der Waals surface area contributed by atoms with Crippen LogP contribution in [0.15, 0.2) is 41.6 Å². The fourth-order valence-corrected chi connectivity index (χ4v) is 1.48. The lowest BCUT2D eigenvalue weighted by atomic mass is 10.3. The van der Waals surface area contributed by atoms with E-state index in [0.29, 0.717) is 11.3 Å². The van der Waals surface area contributed by atoms with E-state index < -0.39 is 0 Å². The molecular weight excluding hydrogens is 210 g/mol. The average molecular weight is 219 g/mol. The molecular formula is C10H9N3OS. The highest BCUT2D eigenvalue weighted by Crippen LogP contribution is 1.99. The summed E-state index contributed by atoms with van der Waals surface area (Å²) < 4.78 is 2.21. The molecule has 0 aliphatic rings. The summed E-state index contributed by atoms with van der Waals surface area (Å²) in [4.78, 5) is 17.5. The van der Waals surface area contributed by atoms with Crippen LogP contribution in [0.2, 0.25) is 0 Å². The highest BCUT2D eigenvalue weighted by molar-refractivity contribution is 7.71. The zero-order valence-electron chi connectivity index (χ0n) is 7.88. The first-order valence-corrected chi connectivity index (χ1v) is 4.85. The van der Waals surface area contributed by atoms with Gasteiger partial charge in [0.15, 0.2) is 4.77 Å². The molecule has 2 heterocycles. The number of nitrogens with zero attached hydrogens (tertiary/aromatic N) is 2. The fourth-order valence-electron chi connectivity index (χ4n) is 1.26. The minimum Gasteiger partial charge on any atom is -0.321 e. The predicted octanol–water partition coefficient (Wildman–Crippen LogP) is 1.35. The zero-order valence-corrected chi connectivity index (χ0v) is 8.70. The van der Waals surface area contributed by atoms with Crippen LogP contribution in [0.25, 0.3) is 0 Å². The van der Waals surface area contributed by atoms with Crippen molar-refractivity contribution >= 4 is 12.2 Å². The summed E-state index contributed by atoms with van der Waals surface area (Å²) in [5.41, 5.74) is 0.864. The van der Waals surface area contributed by atoms with Crippen molar-refractivity contribution < 1.29 is 0 Å². The number of nitrogens with one attached hydrogen (secondary N) is 1. The summed E-state index contributed by atoms with van der Waals surface area (Å²) in [6.07, 6.45) is 5.16. The van der Waals surface area contributed by atoms with Crippen molar-refractivity contribution in [3.05, 3.63) is 57.5 Å². The first-order valence-electron chi connectivity index (χ1n) is 4.44. The van der Waals surface area contributed by atoms with Crippen molar-refractivity contribution in [2.45, 2.75) is 6.54 Å². The van der Waals surface area contributed by atoms with Crippen molar-refractivity contribution in [1.82, 2.24) is 14.5 Å². The molecule has 15 heavy (non-hydrogen) atoms. The molecule has 0 atom stereocenters. The smallest absolute Gasteiger partial charge is 0.251 e. The summed E-state index contributed by atoms with van der Waals surface area (Å²) >= 11 is 5.03. The van der Waals surface area contributed by atoms with Crippen molar-refractivity contribution in [1.29, 1.82) is 0 Å².